The fourth-order valence-corrected chi connectivity index (χ4v) is 11.4. The first-order valence-corrected chi connectivity index (χ1v) is 24.3. The molecule has 11 rings (SSSR count). The molecule has 4 nitrogen and oxygen atoms in total. The van der Waals surface area contributed by atoms with Gasteiger partial charge >= 0.3 is 0 Å². The molecule has 0 bridgehead atoms. The van der Waals surface area contributed by atoms with Crippen LogP contribution in [-0.4, -0.2) is 0 Å². The number of aryl methyl sites for hydroxylation is 8. The first-order valence-electron chi connectivity index (χ1n) is 24.3. The van der Waals surface area contributed by atoms with Crippen LogP contribution in [0.4, 0.5) is 34.1 Å². The van der Waals surface area contributed by atoms with Crippen molar-refractivity contribution in [3.8, 4) is 0 Å². The first-order chi connectivity index (χ1) is 32.6. The second-order valence-electron chi connectivity index (χ2n) is 20.6. The fraction of sp³-hybridized carbons (Fsp3) is 0.219. The molecule has 0 radical (unpaired) electrons. The normalized spacial score (nSPS) is 12.1. The molecule has 2 aromatic heterocycles. The fourth-order valence-electron chi connectivity index (χ4n) is 11.4. The molecule has 0 saturated heterocycles. The maximum Gasteiger partial charge on any atom is 0.142 e. The van der Waals surface area contributed by atoms with Crippen LogP contribution in [0.5, 0.6) is 0 Å². The van der Waals surface area contributed by atoms with Crippen molar-refractivity contribution in [2.45, 2.75) is 94.9 Å². The third-order valence-electron chi connectivity index (χ3n) is 13.8. The summed E-state index contributed by atoms with van der Waals surface area (Å²) in [6.07, 6.45) is 0. The van der Waals surface area contributed by atoms with Crippen LogP contribution in [0.2, 0.25) is 0 Å². The number of rotatable bonds is 8. The van der Waals surface area contributed by atoms with E-state index in [1.54, 1.807) is 0 Å². The van der Waals surface area contributed by atoms with Gasteiger partial charge in [-0.3, -0.25) is 0 Å². The monoisotopic (exact) mass is 888 g/mol. The highest BCUT2D eigenvalue weighted by molar-refractivity contribution is 6.23. The number of furan rings is 2. The molecule has 0 N–H and O–H groups in total. The summed E-state index contributed by atoms with van der Waals surface area (Å²) in [4.78, 5) is 4.79. The minimum absolute atomic E-state index is 0.151. The SMILES string of the molecule is Cc1cc(C)cc(N(c2cc(C)cc(C)c2)c2ccc3cc4c(cc3c2)oc2c(C(C)C)c3oc5cc6cc(N(c7cc(C)cc(C)c7)c7cc(C)cc(C)c7)ccc6cc5c3c(C(C)C)c24)c1. The van der Waals surface area contributed by atoms with Gasteiger partial charge in [0.1, 0.15) is 22.3 Å². The molecule has 0 aliphatic heterocycles. The van der Waals surface area contributed by atoms with Crippen molar-refractivity contribution >= 4 is 99.5 Å². The number of hydrogen-bond donors (Lipinski definition) is 0. The quantitative estimate of drug-likeness (QED) is 0.152. The summed E-state index contributed by atoms with van der Waals surface area (Å²) in [6, 6.07) is 50.2. The van der Waals surface area contributed by atoms with Crippen molar-refractivity contribution in [1.82, 2.24) is 0 Å². The molecule has 338 valence electrons. The van der Waals surface area contributed by atoms with Gasteiger partial charge < -0.3 is 18.6 Å². The van der Waals surface area contributed by atoms with Gasteiger partial charge in [-0.25, -0.2) is 0 Å². The Labute approximate surface area is 400 Å². The van der Waals surface area contributed by atoms with Gasteiger partial charge in [0.2, 0.25) is 0 Å². The molecular weight excluding hydrogens is 829 g/mol. The molecule has 2 heterocycles. The van der Waals surface area contributed by atoms with E-state index in [1.807, 2.05) is 0 Å². The molecule has 11 aromatic rings. The molecule has 0 unspecified atom stereocenters. The van der Waals surface area contributed by atoms with Crippen LogP contribution >= 0.6 is 0 Å². The van der Waals surface area contributed by atoms with E-state index in [4.69, 9.17) is 8.83 Å². The first kappa shape index (κ1) is 43.3. The maximum atomic E-state index is 7.14. The highest BCUT2D eigenvalue weighted by Gasteiger charge is 2.28. The van der Waals surface area contributed by atoms with E-state index >= 15 is 0 Å². The zero-order valence-corrected chi connectivity index (χ0v) is 41.6. The lowest BCUT2D eigenvalue weighted by atomic mass is 9.87. The average Bonchev–Trinajstić information content (AvgIpc) is 3.79. The Morgan fingerprint density at radius 1 is 0.309 bits per heavy atom. The van der Waals surface area contributed by atoms with Crippen LogP contribution in [-0.2, 0) is 0 Å². The van der Waals surface area contributed by atoms with Crippen LogP contribution in [0.3, 0.4) is 0 Å². The molecule has 9 aromatic carbocycles. The molecular formula is C64H60N2O2. The predicted molar refractivity (Wildman–Crippen MR) is 291 cm³/mol. The molecule has 0 aliphatic carbocycles. The number of anilines is 6. The minimum Gasteiger partial charge on any atom is -0.456 e. The predicted octanol–water partition coefficient (Wildman–Crippen LogP) is 19.4. The third kappa shape index (κ3) is 7.38. The molecule has 0 spiro atoms. The van der Waals surface area contributed by atoms with Crippen LogP contribution in [0.15, 0.2) is 142 Å². The smallest absolute Gasteiger partial charge is 0.142 e. The van der Waals surface area contributed by atoms with E-state index in [0.29, 0.717) is 0 Å². The number of nitrogens with zero attached hydrogens (tertiary/aromatic N) is 2. The van der Waals surface area contributed by atoms with Crippen molar-refractivity contribution in [1.29, 1.82) is 0 Å². The lowest BCUT2D eigenvalue weighted by molar-refractivity contribution is 0.637. The molecule has 4 heteroatoms. The summed E-state index contributed by atoms with van der Waals surface area (Å²) < 4.78 is 14.3. The molecule has 68 heavy (non-hydrogen) atoms. The zero-order chi connectivity index (χ0) is 47.4. The standard InChI is InChI=1S/C64H60N2O2/c1-35(2)59-61-55-31-45-13-15-49(65(51-21-37(5)17-38(6)22-51)52-23-39(7)18-40(8)24-52)29-47(45)33-57(55)67-63(61)60(36(3)4)64-62(59)56-32-46-14-16-50(30-48(46)34-58(56)68-64)66(53-25-41(9)19-42(10)26-53)54-27-43(11)20-44(12)28-54/h13-36H,1-12H3. The lowest BCUT2D eigenvalue weighted by Crippen LogP contribution is -2.11. The third-order valence-corrected chi connectivity index (χ3v) is 13.8. The summed E-state index contributed by atoms with van der Waals surface area (Å²) >= 11 is 0. The number of benzene rings is 9. The van der Waals surface area contributed by atoms with Gasteiger partial charge in [0.05, 0.1) is 0 Å². The van der Waals surface area contributed by atoms with Gasteiger partial charge in [0, 0.05) is 61.2 Å². The number of hydrogen-bond acceptors (Lipinski definition) is 4. The van der Waals surface area contributed by atoms with Gasteiger partial charge in [-0.1, -0.05) is 64.1 Å². The van der Waals surface area contributed by atoms with E-state index < -0.39 is 0 Å². The molecule has 0 amide bonds. The largest absolute Gasteiger partial charge is 0.456 e. The second kappa shape index (κ2) is 16.2. The van der Waals surface area contributed by atoms with E-state index in [1.165, 1.54) is 71.6 Å². The van der Waals surface area contributed by atoms with Gasteiger partial charge in [0.25, 0.3) is 0 Å². The van der Waals surface area contributed by atoms with E-state index in [0.717, 1.165) is 83.6 Å². The van der Waals surface area contributed by atoms with Crippen molar-refractivity contribution in [3.63, 3.8) is 0 Å². The van der Waals surface area contributed by atoms with E-state index in [-0.39, 0.29) is 11.8 Å². The summed E-state index contributed by atoms with van der Waals surface area (Å²) in [5.41, 5.74) is 22.8. The maximum absolute atomic E-state index is 7.14. The van der Waals surface area contributed by atoms with Gasteiger partial charge in [0.15, 0.2) is 0 Å². The van der Waals surface area contributed by atoms with Crippen LogP contribution in [0.25, 0.3) is 65.4 Å². The van der Waals surface area contributed by atoms with Crippen LogP contribution in [0.1, 0.15) is 95.2 Å². The molecule has 0 atom stereocenters. The topological polar surface area (TPSA) is 32.8 Å². The summed E-state index contributed by atoms with van der Waals surface area (Å²) in [7, 11) is 0. The van der Waals surface area contributed by atoms with Crippen LogP contribution in [0, 0.1) is 55.4 Å². The Morgan fingerprint density at radius 3 is 0.912 bits per heavy atom. The molecule has 0 saturated carbocycles. The Bertz CT molecular complexity index is 3430. The lowest BCUT2D eigenvalue weighted by Gasteiger charge is -2.27. The van der Waals surface area contributed by atoms with Gasteiger partial charge in [-0.15, -0.1) is 0 Å². The van der Waals surface area contributed by atoms with E-state index in [2.05, 4.69) is 226 Å². The van der Waals surface area contributed by atoms with Gasteiger partial charge in [-0.05, 0) is 236 Å². The van der Waals surface area contributed by atoms with Crippen molar-refractivity contribution in [3.05, 3.63) is 189 Å². The Hall–Kier alpha value is -7.30. The van der Waals surface area contributed by atoms with Crippen LogP contribution < -0.4 is 9.80 Å². The Kier molecular flexibility index (Phi) is 10.3. The van der Waals surface area contributed by atoms with Gasteiger partial charge in [-0.2, -0.15) is 0 Å². The molecule has 0 aliphatic rings. The summed E-state index contributed by atoms with van der Waals surface area (Å²) in [6.45, 7) is 26.6. The van der Waals surface area contributed by atoms with Crippen molar-refractivity contribution in [2.24, 2.45) is 0 Å². The van der Waals surface area contributed by atoms with Crippen molar-refractivity contribution in [2.75, 3.05) is 9.80 Å². The summed E-state index contributed by atoms with van der Waals surface area (Å²) in [5.74, 6) is 0.352. The summed E-state index contributed by atoms with van der Waals surface area (Å²) in [5, 5.41) is 9.31. The van der Waals surface area contributed by atoms with E-state index in [9.17, 15) is 0 Å². The molecule has 0 fully saturated rings. The number of fused-ring (bicyclic) bond motifs is 8. The Balaban J connectivity index is 1.10. The van der Waals surface area contributed by atoms with Crippen molar-refractivity contribution < 1.29 is 8.83 Å². The second-order valence-corrected chi connectivity index (χ2v) is 20.6. The zero-order valence-electron chi connectivity index (χ0n) is 41.6. The average molecular weight is 889 g/mol. The minimum atomic E-state index is 0.151. The highest BCUT2D eigenvalue weighted by Crippen LogP contribution is 2.50. The Morgan fingerprint density at radius 2 is 0.618 bits per heavy atom. The highest BCUT2D eigenvalue weighted by atomic mass is 16.3.